The molecule has 0 fully saturated rings. The molecule has 8 heteroatoms. The fourth-order valence-electron chi connectivity index (χ4n) is 3.15. The summed E-state index contributed by atoms with van der Waals surface area (Å²) in [6.07, 6.45) is 0. The molecule has 0 spiro atoms. The van der Waals surface area contributed by atoms with E-state index in [1.807, 2.05) is 47.8 Å². The van der Waals surface area contributed by atoms with Crippen LogP contribution in [-0.2, 0) is 27.4 Å². The summed E-state index contributed by atoms with van der Waals surface area (Å²) in [5.74, 6) is 0.114. The molecule has 3 aromatic rings. The van der Waals surface area contributed by atoms with Crippen LogP contribution in [0, 0.1) is 0 Å². The van der Waals surface area contributed by atoms with Crippen LogP contribution in [-0.4, -0.2) is 55.0 Å². The van der Waals surface area contributed by atoms with Crippen LogP contribution < -0.4 is 4.74 Å². The van der Waals surface area contributed by atoms with Crippen molar-refractivity contribution in [2.45, 2.75) is 13.1 Å². The van der Waals surface area contributed by atoms with Gasteiger partial charge in [0.15, 0.2) is 6.61 Å². The number of hydrogen-bond acceptors (Lipinski definition) is 5. The van der Waals surface area contributed by atoms with Crippen molar-refractivity contribution in [1.29, 1.82) is 0 Å². The molecule has 2 aromatic carbocycles. The molecule has 0 unspecified atom stereocenters. The van der Waals surface area contributed by atoms with Gasteiger partial charge in [0.05, 0.1) is 19.7 Å². The van der Waals surface area contributed by atoms with Crippen molar-refractivity contribution in [3.63, 3.8) is 0 Å². The Morgan fingerprint density at radius 2 is 1.67 bits per heavy atom. The summed E-state index contributed by atoms with van der Waals surface area (Å²) >= 11 is 7.49. The van der Waals surface area contributed by atoms with Crippen LogP contribution >= 0.6 is 22.9 Å². The van der Waals surface area contributed by atoms with Crippen LogP contribution in [0.2, 0.25) is 5.02 Å². The van der Waals surface area contributed by atoms with Gasteiger partial charge in [0.1, 0.15) is 5.75 Å². The van der Waals surface area contributed by atoms with Gasteiger partial charge in [0.25, 0.3) is 5.91 Å². The molecule has 0 bridgehead atoms. The van der Waals surface area contributed by atoms with Gasteiger partial charge in [-0.3, -0.25) is 9.59 Å². The topological polar surface area (TPSA) is 59.1 Å². The Labute approximate surface area is 203 Å². The molecule has 6 nitrogen and oxygen atoms in total. The number of thiophene rings is 1. The van der Waals surface area contributed by atoms with E-state index >= 15 is 0 Å². The van der Waals surface area contributed by atoms with Crippen LogP contribution in [0.5, 0.6) is 5.75 Å². The molecule has 33 heavy (non-hydrogen) atoms. The average molecular weight is 487 g/mol. The lowest BCUT2D eigenvalue weighted by atomic mass is 10.2. The summed E-state index contributed by atoms with van der Waals surface area (Å²) in [6, 6.07) is 20.6. The Kier molecular flexibility index (Phi) is 9.75. The first-order chi connectivity index (χ1) is 16.0. The van der Waals surface area contributed by atoms with Gasteiger partial charge in [-0.1, -0.05) is 48.0 Å². The third-order valence-electron chi connectivity index (χ3n) is 4.92. The zero-order valence-electron chi connectivity index (χ0n) is 18.5. The molecule has 0 radical (unpaired) electrons. The second-order valence-corrected chi connectivity index (χ2v) is 8.83. The molecule has 0 aliphatic rings. The van der Waals surface area contributed by atoms with Crippen LogP contribution in [0.1, 0.15) is 10.4 Å². The van der Waals surface area contributed by atoms with E-state index in [1.165, 1.54) is 4.90 Å². The van der Waals surface area contributed by atoms with Crippen LogP contribution in [0.4, 0.5) is 0 Å². The molecule has 0 atom stereocenters. The molecule has 174 valence electrons. The highest BCUT2D eigenvalue weighted by Gasteiger charge is 2.22. The summed E-state index contributed by atoms with van der Waals surface area (Å²) in [6.45, 7) is 1.34. The van der Waals surface area contributed by atoms with E-state index < -0.39 is 0 Å². The van der Waals surface area contributed by atoms with Crippen LogP contribution in [0.25, 0.3) is 0 Å². The molecule has 0 aliphatic heterocycles. The first kappa shape index (κ1) is 24.8. The van der Waals surface area contributed by atoms with Crippen molar-refractivity contribution in [2.24, 2.45) is 0 Å². The summed E-state index contributed by atoms with van der Waals surface area (Å²) in [5, 5.41) is 2.58. The van der Waals surface area contributed by atoms with Crippen LogP contribution in [0.3, 0.4) is 0 Å². The average Bonchev–Trinajstić information content (AvgIpc) is 3.34. The van der Waals surface area contributed by atoms with Gasteiger partial charge in [-0.05, 0) is 41.3 Å². The SMILES string of the molecule is COCCN(CC(=O)N(Cc1ccccc1)Cc1cccs1)C(=O)COc1ccc(Cl)cc1. The Balaban J connectivity index is 1.67. The Morgan fingerprint density at radius 3 is 2.33 bits per heavy atom. The fraction of sp³-hybridized carbons (Fsp3) is 0.280. The van der Waals surface area contributed by atoms with Crippen molar-refractivity contribution in [3.05, 3.63) is 87.6 Å². The Morgan fingerprint density at radius 1 is 0.909 bits per heavy atom. The Bertz CT molecular complexity index is 997. The maximum absolute atomic E-state index is 13.3. The van der Waals surface area contributed by atoms with Crippen molar-refractivity contribution >= 4 is 34.8 Å². The lowest BCUT2D eigenvalue weighted by molar-refractivity contribution is -0.142. The van der Waals surface area contributed by atoms with Gasteiger partial charge in [-0.25, -0.2) is 0 Å². The van der Waals surface area contributed by atoms with Crippen molar-refractivity contribution in [3.8, 4) is 5.75 Å². The van der Waals surface area contributed by atoms with Gasteiger partial charge in [-0.2, -0.15) is 0 Å². The molecule has 2 amide bonds. The zero-order valence-corrected chi connectivity index (χ0v) is 20.1. The van der Waals surface area contributed by atoms with Gasteiger partial charge < -0.3 is 19.3 Å². The third-order valence-corrected chi connectivity index (χ3v) is 6.03. The van der Waals surface area contributed by atoms with E-state index in [-0.39, 0.29) is 25.0 Å². The minimum Gasteiger partial charge on any atom is -0.484 e. The number of rotatable bonds is 12. The molecule has 0 N–H and O–H groups in total. The summed E-state index contributed by atoms with van der Waals surface area (Å²) in [5.41, 5.74) is 1.03. The first-order valence-corrected chi connectivity index (χ1v) is 11.8. The number of carbonyl (C=O) groups excluding carboxylic acids is 2. The molecule has 1 heterocycles. The lowest BCUT2D eigenvalue weighted by Crippen LogP contribution is -2.45. The minimum absolute atomic E-state index is 0.0512. The van der Waals surface area contributed by atoms with Crippen molar-refractivity contribution < 1.29 is 19.1 Å². The summed E-state index contributed by atoms with van der Waals surface area (Å²) < 4.78 is 10.7. The monoisotopic (exact) mass is 486 g/mol. The lowest BCUT2D eigenvalue weighted by Gasteiger charge is -2.27. The number of hydrogen-bond donors (Lipinski definition) is 0. The minimum atomic E-state index is -0.286. The molecular formula is C25H27ClN2O4S. The molecular weight excluding hydrogens is 460 g/mol. The first-order valence-electron chi connectivity index (χ1n) is 10.5. The van der Waals surface area contributed by atoms with E-state index in [2.05, 4.69) is 0 Å². The second kappa shape index (κ2) is 13.0. The van der Waals surface area contributed by atoms with Gasteiger partial charge in [-0.15, -0.1) is 11.3 Å². The van der Waals surface area contributed by atoms with Crippen LogP contribution in [0.15, 0.2) is 72.1 Å². The van der Waals surface area contributed by atoms with Gasteiger partial charge in [0, 0.05) is 30.1 Å². The number of ether oxygens (including phenoxy) is 2. The third kappa shape index (κ3) is 8.20. The molecule has 3 rings (SSSR count). The van der Waals surface area contributed by atoms with E-state index in [9.17, 15) is 9.59 Å². The van der Waals surface area contributed by atoms with Crippen molar-refractivity contribution in [1.82, 2.24) is 9.80 Å². The molecule has 1 aromatic heterocycles. The van der Waals surface area contributed by atoms with Crippen molar-refractivity contribution in [2.75, 3.05) is 33.4 Å². The fourth-order valence-corrected chi connectivity index (χ4v) is 4.00. The molecule has 0 aliphatic carbocycles. The number of nitrogens with zero attached hydrogens (tertiary/aromatic N) is 2. The quantitative estimate of drug-likeness (QED) is 0.378. The number of methoxy groups -OCH3 is 1. The highest BCUT2D eigenvalue weighted by Crippen LogP contribution is 2.17. The van der Waals surface area contributed by atoms with E-state index in [0.717, 1.165) is 10.4 Å². The maximum Gasteiger partial charge on any atom is 0.261 e. The molecule has 0 saturated heterocycles. The number of amides is 2. The van der Waals surface area contributed by atoms with Gasteiger partial charge in [0.2, 0.25) is 5.91 Å². The van der Waals surface area contributed by atoms with E-state index in [0.29, 0.717) is 37.0 Å². The summed E-state index contributed by atoms with van der Waals surface area (Å²) in [4.78, 5) is 30.5. The highest BCUT2D eigenvalue weighted by molar-refractivity contribution is 7.09. The number of carbonyl (C=O) groups is 2. The normalized spacial score (nSPS) is 10.6. The Hall–Kier alpha value is -2.87. The number of halogens is 1. The number of benzene rings is 2. The smallest absolute Gasteiger partial charge is 0.261 e. The summed E-state index contributed by atoms with van der Waals surface area (Å²) in [7, 11) is 1.56. The predicted octanol–water partition coefficient (Wildman–Crippen LogP) is 4.48. The van der Waals surface area contributed by atoms with E-state index in [4.69, 9.17) is 21.1 Å². The standard InChI is InChI=1S/C25H27ClN2O4S/c1-31-14-13-27(25(30)19-32-22-11-9-21(26)10-12-22)18-24(29)28(17-23-8-5-15-33-23)16-20-6-3-2-4-7-20/h2-12,15H,13-14,16-19H2,1H3. The second-order valence-electron chi connectivity index (χ2n) is 7.37. The largest absolute Gasteiger partial charge is 0.484 e. The van der Waals surface area contributed by atoms with Gasteiger partial charge >= 0.3 is 0 Å². The zero-order chi connectivity index (χ0) is 23.5. The van der Waals surface area contributed by atoms with E-state index in [1.54, 1.807) is 47.6 Å². The molecule has 0 saturated carbocycles. The highest BCUT2D eigenvalue weighted by atomic mass is 35.5. The maximum atomic E-state index is 13.3. The predicted molar refractivity (Wildman–Crippen MR) is 130 cm³/mol.